The lowest BCUT2D eigenvalue weighted by Gasteiger charge is -2.34. The number of hydrogen-bond acceptors (Lipinski definition) is 2. The minimum atomic E-state index is 0.608. The predicted molar refractivity (Wildman–Crippen MR) is 126 cm³/mol. The van der Waals surface area contributed by atoms with Gasteiger partial charge in [-0.25, -0.2) is 0 Å². The van der Waals surface area contributed by atoms with Gasteiger partial charge in [-0.3, -0.25) is 0 Å². The molecule has 0 aromatic rings. The highest BCUT2D eigenvalue weighted by atomic mass is 15.4. The van der Waals surface area contributed by atoms with Crippen LogP contribution in [0, 0.1) is 0 Å². The maximum absolute atomic E-state index is 2.54. The fraction of sp³-hybridized carbons (Fsp3) is 0.923. The third kappa shape index (κ3) is 11.4. The first-order valence-corrected chi connectivity index (χ1v) is 12.9. The molecule has 166 valence electrons. The van der Waals surface area contributed by atoms with Crippen molar-refractivity contribution in [2.75, 3.05) is 6.54 Å². The van der Waals surface area contributed by atoms with Crippen LogP contribution in [0.15, 0.2) is 12.4 Å². The van der Waals surface area contributed by atoms with Crippen LogP contribution in [-0.2, 0) is 0 Å². The molecule has 1 heterocycles. The summed E-state index contributed by atoms with van der Waals surface area (Å²) in [5.41, 5.74) is 0. The Balaban J connectivity index is 1.85. The van der Waals surface area contributed by atoms with Crippen LogP contribution in [0.3, 0.4) is 0 Å². The van der Waals surface area contributed by atoms with Crippen LogP contribution in [0.4, 0.5) is 0 Å². The molecule has 0 saturated carbocycles. The van der Waals surface area contributed by atoms with E-state index in [9.17, 15) is 0 Å². The maximum Gasteiger partial charge on any atom is 0.101 e. The molecule has 28 heavy (non-hydrogen) atoms. The summed E-state index contributed by atoms with van der Waals surface area (Å²) in [4.78, 5) is 5.04. The Bertz CT molecular complexity index is 363. The third-order valence-corrected chi connectivity index (χ3v) is 6.43. The summed E-state index contributed by atoms with van der Waals surface area (Å²) >= 11 is 0. The van der Waals surface area contributed by atoms with Crippen LogP contribution in [0.2, 0.25) is 0 Å². The Kier molecular flexibility index (Phi) is 15.6. The van der Waals surface area contributed by atoms with Crippen molar-refractivity contribution in [3.05, 3.63) is 12.4 Å². The van der Waals surface area contributed by atoms with Crippen molar-refractivity contribution in [1.29, 1.82) is 0 Å². The first-order chi connectivity index (χ1) is 13.7. The van der Waals surface area contributed by atoms with Crippen LogP contribution in [0.25, 0.3) is 0 Å². The van der Waals surface area contributed by atoms with Gasteiger partial charge < -0.3 is 9.80 Å². The largest absolute Gasteiger partial charge is 0.356 e. The van der Waals surface area contributed by atoms with E-state index in [1.807, 2.05) is 0 Å². The minimum absolute atomic E-state index is 0.608. The second kappa shape index (κ2) is 17.2. The topological polar surface area (TPSA) is 6.48 Å². The highest BCUT2D eigenvalue weighted by molar-refractivity contribution is 4.97. The van der Waals surface area contributed by atoms with E-state index in [1.165, 1.54) is 109 Å². The van der Waals surface area contributed by atoms with Gasteiger partial charge in [0.25, 0.3) is 0 Å². The Morgan fingerprint density at radius 3 is 1.43 bits per heavy atom. The van der Waals surface area contributed by atoms with E-state index in [-0.39, 0.29) is 0 Å². The summed E-state index contributed by atoms with van der Waals surface area (Å²) in [6.45, 7) is 10.3. The number of nitrogens with zero attached hydrogens (tertiary/aromatic N) is 2. The van der Waals surface area contributed by atoms with Gasteiger partial charge in [-0.05, 0) is 33.6 Å². The second-order valence-corrected chi connectivity index (χ2v) is 9.24. The molecule has 2 nitrogen and oxygen atoms in total. The molecular weight excluding hydrogens is 340 g/mol. The quantitative estimate of drug-likeness (QED) is 0.203. The summed E-state index contributed by atoms with van der Waals surface area (Å²) in [5.74, 6) is 0. The standard InChI is InChI=1S/C26H52N2/c1-5-7-8-9-10-11-12-13-14-15-16-17-18-19-20-21-22-26-27(6-2)23-24-28(26)25(3)4/h23-26H,5-22H2,1-4H3. The summed E-state index contributed by atoms with van der Waals surface area (Å²) in [5, 5.41) is 0. The molecule has 0 radical (unpaired) electrons. The van der Waals surface area contributed by atoms with E-state index in [1.54, 1.807) is 0 Å². The smallest absolute Gasteiger partial charge is 0.101 e. The average Bonchev–Trinajstić information content (AvgIpc) is 3.11. The fourth-order valence-electron chi connectivity index (χ4n) is 4.55. The van der Waals surface area contributed by atoms with Crippen LogP contribution in [-0.4, -0.2) is 28.6 Å². The van der Waals surface area contributed by atoms with Gasteiger partial charge in [0.05, 0.1) is 0 Å². The van der Waals surface area contributed by atoms with Gasteiger partial charge in [-0.15, -0.1) is 0 Å². The predicted octanol–water partition coefficient (Wildman–Crippen LogP) is 8.48. The van der Waals surface area contributed by atoms with Gasteiger partial charge in [0.2, 0.25) is 0 Å². The summed E-state index contributed by atoms with van der Waals surface area (Å²) < 4.78 is 0. The van der Waals surface area contributed by atoms with E-state index >= 15 is 0 Å². The highest BCUT2D eigenvalue weighted by Crippen LogP contribution is 2.23. The van der Waals surface area contributed by atoms with E-state index in [4.69, 9.17) is 0 Å². The van der Waals surface area contributed by atoms with Crippen molar-refractivity contribution in [2.24, 2.45) is 0 Å². The van der Waals surface area contributed by atoms with Gasteiger partial charge in [0, 0.05) is 25.0 Å². The molecule has 0 fully saturated rings. The lowest BCUT2D eigenvalue weighted by molar-refractivity contribution is 0.119. The molecule has 1 aliphatic heterocycles. The van der Waals surface area contributed by atoms with Gasteiger partial charge >= 0.3 is 0 Å². The Labute approximate surface area is 178 Å². The van der Waals surface area contributed by atoms with Gasteiger partial charge in [0.1, 0.15) is 6.17 Å². The lowest BCUT2D eigenvalue weighted by Crippen LogP contribution is -2.41. The molecular formula is C26H52N2. The normalized spacial score (nSPS) is 16.7. The van der Waals surface area contributed by atoms with Crippen LogP contribution in [0.1, 0.15) is 137 Å². The first kappa shape index (κ1) is 25.4. The molecule has 1 unspecified atom stereocenters. The van der Waals surface area contributed by atoms with E-state index < -0.39 is 0 Å². The second-order valence-electron chi connectivity index (χ2n) is 9.24. The molecule has 1 rings (SSSR count). The molecule has 0 aliphatic carbocycles. The van der Waals surface area contributed by atoms with Crippen LogP contribution in [0.5, 0.6) is 0 Å². The molecule has 0 aromatic heterocycles. The number of hydrogen-bond donors (Lipinski definition) is 0. The van der Waals surface area contributed by atoms with Crippen molar-refractivity contribution in [3.63, 3.8) is 0 Å². The highest BCUT2D eigenvalue weighted by Gasteiger charge is 2.26. The molecule has 0 spiro atoms. The van der Waals surface area contributed by atoms with Gasteiger partial charge in [0.15, 0.2) is 0 Å². The van der Waals surface area contributed by atoms with E-state index in [2.05, 4.69) is 49.9 Å². The molecule has 1 atom stereocenters. The maximum atomic E-state index is 2.54. The van der Waals surface area contributed by atoms with E-state index in [0.717, 1.165) is 6.54 Å². The molecule has 0 N–H and O–H groups in total. The fourth-order valence-corrected chi connectivity index (χ4v) is 4.55. The number of rotatable bonds is 19. The lowest BCUT2D eigenvalue weighted by atomic mass is 10.0. The van der Waals surface area contributed by atoms with Crippen molar-refractivity contribution in [3.8, 4) is 0 Å². The summed E-state index contributed by atoms with van der Waals surface area (Å²) in [6, 6.07) is 0.610. The van der Waals surface area contributed by atoms with Crippen molar-refractivity contribution in [2.45, 2.75) is 149 Å². The van der Waals surface area contributed by atoms with Crippen molar-refractivity contribution in [1.82, 2.24) is 9.80 Å². The Morgan fingerprint density at radius 1 is 0.607 bits per heavy atom. The molecule has 2 heteroatoms. The minimum Gasteiger partial charge on any atom is -0.356 e. The molecule has 0 aromatic carbocycles. The van der Waals surface area contributed by atoms with Crippen LogP contribution >= 0.6 is 0 Å². The Morgan fingerprint density at radius 2 is 1.04 bits per heavy atom. The summed E-state index contributed by atoms with van der Waals surface area (Å²) in [6.07, 6.45) is 29.7. The van der Waals surface area contributed by atoms with Crippen molar-refractivity contribution < 1.29 is 0 Å². The molecule has 0 saturated heterocycles. The van der Waals surface area contributed by atoms with Crippen LogP contribution < -0.4 is 0 Å². The van der Waals surface area contributed by atoms with E-state index in [0.29, 0.717) is 12.2 Å². The molecule has 1 aliphatic rings. The Hall–Kier alpha value is -0.660. The number of unbranched alkanes of at least 4 members (excludes halogenated alkanes) is 15. The van der Waals surface area contributed by atoms with Gasteiger partial charge in [-0.2, -0.15) is 0 Å². The first-order valence-electron chi connectivity index (χ1n) is 12.9. The van der Waals surface area contributed by atoms with Crippen molar-refractivity contribution >= 4 is 0 Å². The monoisotopic (exact) mass is 392 g/mol. The summed E-state index contributed by atoms with van der Waals surface area (Å²) in [7, 11) is 0. The molecule has 0 bridgehead atoms. The zero-order valence-electron chi connectivity index (χ0n) is 19.9. The third-order valence-electron chi connectivity index (χ3n) is 6.43. The molecule has 0 amide bonds. The zero-order chi connectivity index (χ0) is 20.5. The SMILES string of the molecule is CCCCCCCCCCCCCCCCCCC1N(CC)C=CN1C(C)C. The van der Waals surface area contributed by atoms with Gasteiger partial charge in [-0.1, -0.05) is 103 Å². The average molecular weight is 393 g/mol. The zero-order valence-corrected chi connectivity index (χ0v) is 19.9.